The molecule has 34 heavy (non-hydrogen) atoms. The first-order chi connectivity index (χ1) is 16.5. The number of rotatable bonds is 13. The number of benzene rings is 2. The van der Waals surface area contributed by atoms with Crippen LogP contribution in [0.1, 0.15) is 38.7 Å². The Morgan fingerprint density at radius 1 is 1.12 bits per heavy atom. The molecule has 1 heterocycles. The second-order valence-electron chi connectivity index (χ2n) is 8.58. The van der Waals surface area contributed by atoms with Gasteiger partial charge in [0.25, 0.3) is 0 Å². The first-order valence-corrected chi connectivity index (χ1v) is 11.9. The van der Waals surface area contributed by atoms with Crippen LogP contribution in [0.25, 0.3) is 11.3 Å². The van der Waals surface area contributed by atoms with Gasteiger partial charge < -0.3 is 14.6 Å². The van der Waals surface area contributed by atoms with Crippen LogP contribution in [0.2, 0.25) is 0 Å². The highest BCUT2D eigenvalue weighted by Crippen LogP contribution is 2.37. The Morgan fingerprint density at radius 3 is 2.44 bits per heavy atom. The smallest absolute Gasteiger partial charge is 0.222 e. The Morgan fingerprint density at radius 2 is 1.79 bits per heavy atom. The van der Waals surface area contributed by atoms with E-state index in [1.807, 2.05) is 55.6 Å². The van der Waals surface area contributed by atoms with Crippen LogP contribution < -0.4 is 9.47 Å². The number of hydrogen-bond donors (Lipinski definition) is 1. The average Bonchev–Trinajstić information content (AvgIpc) is 3.17. The van der Waals surface area contributed by atoms with Crippen LogP contribution in [0.3, 0.4) is 0 Å². The maximum absolute atomic E-state index is 10.7. The number of hydrogen-bond acceptors (Lipinski definition) is 5. The lowest BCUT2D eigenvalue weighted by atomic mass is 10.1. The van der Waals surface area contributed by atoms with E-state index >= 15 is 0 Å². The standard InChI is InChI=1S/C28H37N3O3/c1-6-8-16-23(32)19-31(21(3)7-2)20-24-27(22-14-10-9-11-15-22)29-30(4)28(24)34-26-18-13-12-17-25(26)33-5/h6,9-15,17-18,21,23,32H,1,7-8,16,19-20H2,2-5H3/t21-,23+/m0/s1. The third kappa shape index (κ3) is 6.27. The fourth-order valence-corrected chi connectivity index (χ4v) is 3.99. The quantitative estimate of drug-likeness (QED) is 0.324. The lowest BCUT2D eigenvalue weighted by molar-refractivity contribution is 0.0795. The zero-order chi connectivity index (χ0) is 24.5. The van der Waals surface area contributed by atoms with Crippen molar-refractivity contribution in [3.8, 4) is 28.6 Å². The molecule has 0 spiro atoms. The number of methoxy groups -OCH3 is 1. The minimum absolute atomic E-state index is 0.279. The van der Waals surface area contributed by atoms with E-state index in [0.29, 0.717) is 36.9 Å². The van der Waals surface area contributed by atoms with Gasteiger partial charge in [-0.2, -0.15) is 5.10 Å². The normalized spacial score (nSPS) is 13.0. The van der Waals surface area contributed by atoms with E-state index in [1.165, 1.54) is 0 Å². The van der Waals surface area contributed by atoms with Crippen LogP contribution in [-0.2, 0) is 13.6 Å². The molecule has 0 unspecified atom stereocenters. The number of nitrogens with zero attached hydrogens (tertiary/aromatic N) is 3. The molecule has 0 aliphatic rings. The van der Waals surface area contributed by atoms with Crippen LogP contribution in [0.5, 0.6) is 17.4 Å². The van der Waals surface area contributed by atoms with Gasteiger partial charge in [-0.1, -0.05) is 55.5 Å². The van der Waals surface area contributed by atoms with Crippen LogP contribution in [-0.4, -0.2) is 45.6 Å². The summed E-state index contributed by atoms with van der Waals surface area (Å²) in [4.78, 5) is 2.31. The molecular formula is C28H37N3O3. The third-order valence-corrected chi connectivity index (χ3v) is 6.14. The van der Waals surface area contributed by atoms with Crippen molar-refractivity contribution in [2.75, 3.05) is 13.7 Å². The molecule has 0 fully saturated rings. The molecule has 3 aromatic rings. The molecule has 2 aromatic carbocycles. The van der Waals surface area contributed by atoms with Crippen molar-refractivity contribution in [3.05, 3.63) is 72.8 Å². The molecule has 0 amide bonds. The number of aliphatic hydroxyl groups excluding tert-OH is 1. The van der Waals surface area contributed by atoms with Crippen molar-refractivity contribution in [3.63, 3.8) is 0 Å². The van der Waals surface area contributed by atoms with E-state index in [9.17, 15) is 5.11 Å². The maximum atomic E-state index is 10.7. The summed E-state index contributed by atoms with van der Waals surface area (Å²) < 4.78 is 13.7. The number of allylic oxidation sites excluding steroid dienone is 1. The minimum atomic E-state index is -0.428. The molecule has 2 atom stereocenters. The average molecular weight is 464 g/mol. The predicted octanol–water partition coefficient (Wildman–Crippen LogP) is 5.82. The van der Waals surface area contributed by atoms with Gasteiger partial charge in [-0.15, -0.1) is 6.58 Å². The largest absolute Gasteiger partial charge is 0.493 e. The zero-order valence-corrected chi connectivity index (χ0v) is 20.8. The lowest BCUT2D eigenvalue weighted by Gasteiger charge is -2.30. The van der Waals surface area contributed by atoms with Crippen LogP contribution in [0, 0.1) is 0 Å². The highest BCUT2D eigenvalue weighted by molar-refractivity contribution is 5.66. The summed E-state index contributed by atoms with van der Waals surface area (Å²) >= 11 is 0. The Bertz CT molecular complexity index is 1050. The number of aromatic nitrogens is 2. The molecule has 6 nitrogen and oxygen atoms in total. The molecule has 182 valence electrons. The first-order valence-electron chi connectivity index (χ1n) is 11.9. The van der Waals surface area contributed by atoms with Gasteiger partial charge in [0.15, 0.2) is 11.5 Å². The van der Waals surface area contributed by atoms with Crippen molar-refractivity contribution in [2.45, 2.75) is 51.8 Å². The second kappa shape index (κ2) is 12.4. The molecule has 0 aliphatic carbocycles. The Kier molecular flexibility index (Phi) is 9.31. The van der Waals surface area contributed by atoms with E-state index in [-0.39, 0.29) is 6.04 Å². The Balaban J connectivity index is 2.03. The Hall–Kier alpha value is -3.09. The SMILES string of the molecule is C=CCC[C@@H](O)CN(Cc1c(-c2ccccc2)nn(C)c1Oc1ccccc1OC)[C@@H](C)CC. The highest BCUT2D eigenvalue weighted by atomic mass is 16.5. The summed E-state index contributed by atoms with van der Waals surface area (Å²) in [5.74, 6) is 1.96. The molecule has 0 bridgehead atoms. The third-order valence-electron chi connectivity index (χ3n) is 6.14. The minimum Gasteiger partial charge on any atom is -0.493 e. The van der Waals surface area contributed by atoms with Gasteiger partial charge in [0.05, 0.1) is 18.8 Å². The number of para-hydroxylation sites is 2. The second-order valence-corrected chi connectivity index (χ2v) is 8.58. The number of aryl methyl sites for hydroxylation is 1. The summed E-state index contributed by atoms with van der Waals surface area (Å²) in [6.45, 7) is 9.31. The molecule has 0 saturated carbocycles. The molecule has 0 saturated heterocycles. The van der Waals surface area contributed by atoms with E-state index in [4.69, 9.17) is 14.6 Å². The molecule has 0 aliphatic heterocycles. The van der Waals surface area contributed by atoms with Gasteiger partial charge in [0.2, 0.25) is 5.88 Å². The summed E-state index contributed by atoms with van der Waals surface area (Å²) in [5, 5.41) is 15.5. The lowest BCUT2D eigenvalue weighted by Crippen LogP contribution is -2.38. The van der Waals surface area contributed by atoms with Gasteiger partial charge in [-0.25, -0.2) is 4.68 Å². The van der Waals surface area contributed by atoms with Gasteiger partial charge in [-0.05, 0) is 38.3 Å². The van der Waals surface area contributed by atoms with Crippen molar-refractivity contribution in [1.82, 2.24) is 14.7 Å². The van der Waals surface area contributed by atoms with Crippen LogP contribution >= 0.6 is 0 Å². The number of aliphatic hydroxyl groups is 1. The van der Waals surface area contributed by atoms with Crippen molar-refractivity contribution in [1.29, 1.82) is 0 Å². The van der Waals surface area contributed by atoms with Gasteiger partial charge >= 0.3 is 0 Å². The summed E-state index contributed by atoms with van der Waals surface area (Å²) in [6.07, 6.45) is 3.88. The molecular weight excluding hydrogens is 426 g/mol. The molecule has 3 rings (SSSR count). The maximum Gasteiger partial charge on any atom is 0.222 e. The summed E-state index contributed by atoms with van der Waals surface area (Å²) in [5.41, 5.74) is 2.89. The fraction of sp³-hybridized carbons (Fsp3) is 0.393. The van der Waals surface area contributed by atoms with Gasteiger partial charge in [0.1, 0.15) is 5.69 Å². The molecule has 0 radical (unpaired) electrons. The zero-order valence-electron chi connectivity index (χ0n) is 20.8. The van der Waals surface area contributed by atoms with Crippen molar-refractivity contribution >= 4 is 0 Å². The van der Waals surface area contributed by atoms with Crippen molar-refractivity contribution in [2.24, 2.45) is 7.05 Å². The van der Waals surface area contributed by atoms with E-state index in [0.717, 1.165) is 29.7 Å². The predicted molar refractivity (Wildman–Crippen MR) is 137 cm³/mol. The van der Waals surface area contributed by atoms with Crippen LogP contribution in [0.15, 0.2) is 67.3 Å². The monoisotopic (exact) mass is 463 g/mol. The van der Waals surface area contributed by atoms with Gasteiger partial charge in [0, 0.05) is 31.7 Å². The number of ether oxygens (including phenoxy) is 2. The first kappa shape index (κ1) is 25.5. The summed E-state index contributed by atoms with van der Waals surface area (Å²) in [6, 6.07) is 18.0. The van der Waals surface area contributed by atoms with E-state index in [2.05, 4.69) is 37.5 Å². The topological polar surface area (TPSA) is 59.8 Å². The van der Waals surface area contributed by atoms with Gasteiger partial charge in [-0.3, -0.25) is 4.90 Å². The summed E-state index contributed by atoms with van der Waals surface area (Å²) in [7, 11) is 3.53. The van der Waals surface area contributed by atoms with Crippen LogP contribution in [0.4, 0.5) is 0 Å². The Labute approximate surface area is 203 Å². The fourth-order valence-electron chi connectivity index (χ4n) is 3.99. The van der Waals surface area contributed by atoms with Crippen molar-refractivity contribution < 1.29 is 14.6 Å². The highest BCUT2D eigenvalue weighted by Gasteiger charge is 2.25. The molecule has 1 aromatic heterocycles. The molecule has 6 heteroatoms. The molecule has 1 N–H and O–H groups in total. The van der Waals surface area contributed by atoms with E-state index in [1.54, 1.807) is 11.8 Å². The van der Waals surface area contributed by atoms with E-state index < -0.39 is 6.10 Å².